The fraction of sp³-hybridized carbons (Fsp3) is 0.355. The van der Waals surface area contributed by atoms with Crippen molar-refractivity contribution < 1.29 is 35.9 Å². The lowest BCUT2D eigenvalue weighted by Crippen LogP contribution is -2.56. The Kier molecular flexibility index (Phi) is 9.50. The van der Waals surface area contributed by atoms with Crippen LogP contribution in [0, 0.1) is 0 Å². The van der Waals surface area contributed by atoms with Crippen LogP contribution in [0.2, 0.25) is 0 Å². The number of hydrogen-bond acceptors (Lipinski definition) is 3. The predicted octanol–water partition coefficient (Wildman–Crippen LogP) is 6.84. The first kappa shape index (κ1) is 32.0. The highest BCUT2D eigenvalue weighted by Crippen LogP contribution is 2.48. The van der Waals surface area contributed by atoms with Crippen molar-refractivity contribution in [2.75, 3.05) is 13.2 Å². The van der Waals surface area contributed by atoms with Crippen LogP contribution in [0.5, 0.6) is 0 Å². The lowest BCUT2D eigenvalue weighted by molar-refractivity contribution is -0.143. The average molecular weight is 607 g/mol. The van der Waals surface area contributed by atoms with Crippen LogP contribution in [0.3, 0.4) is 0 Å². The van der Waals surface area contributed by atoms with Gasteiger partial charge in [-0.2, -0.15) is 31.3 Å². The number of ether oxygens (including phenoxy) is 1. The number of aliphatic imine (C=N–C) groups is 1. The number of primary amides is 1. The number of hydrogen-bond donors (Lipinski definition) is 2. The number of urea groups is 1. The number of nitrogens with zero attached hydrogens (tertiary/aromatic N) is 2. The Balaban J connectivity index is 1.58. The number of rotatable bonds is 10. The molecule has 1 fully saturated rings. The van der Waals surface area contributed by atoms with Crippen molar-refractivity contribution in [2.24, 2.45) is 16.5 Å². The largest absolute Gasteiger partial charge is 0.416 e. The Morgan fingerprint density at radius 3 is 1.98 bits per heavy atom. The third-order valence-corrected chi connectivity index (χ3v) is 7.69. The molecule has 0 aliphatic heterocycles. The third kappa shape index (κ3) is 8.14. The summed E-state index contributed by atoms with van der Waals surface area (Å²) in [4.78, 5) is 17.0. The monoisotopic (exact) mass is 606 g/mol. The van der Waals surface area contributed by atoms with E-state index in [-0.39, 0.29) is 36.7 Å². The molecule has 0 aromatic heterocycles. The van der Waals surface area contributed by atoms with Crippen molar-refractivity contribution in [1.82, 2.24) is 4.90 Å². The number of amides is 2. The maximum absolute atomic E-state index is 13.4. The Hall–Kier alpha value is -3.90. The van der Waals surface area contributed by atoms with Gasteiger partial charge in [0.25, 0.3) is 0 Å². The normalized spacial score (nSPS) is 20.1. The van der Waals surface area contributed by atoms with Gasteiger partial charge in [-0.3, -0.25) is 4.90 Å². The highest BCUT2D eigenvalue weighted by Gasteiger charge is 2.48. The van der Waals surface area contributed by atoms with Crippen LogP contribution in [0.1, 0.15) is 53.7 Å². The van der Waals surface area contributed by atoms with Gasteiger partial charge in [0.15, 0.2) is 0 Å². The molecule has 0 radical (unpaired) electrons. The smallest absolute Gasteiger partial charge is 0.386 e. The predicted molar refractivity (Wildman–Crippen MR) is 150 cm³/mol. The molecule has 3 aromatic carbocycles. The van der Waals surface area contributed by atoms with Crippen LogP contribution in [-0.4, -0.2) is 36.0 Å². The number of alkyl halides is 6. The van der Waals surface area contributed by atoms with E-state index in [1.807, 2.05) is 60.7 Å². The van der Waals surface area contributed by atoms with Gasteiger partial charge in [-0.1, -0.05) is 60.7 Å². The molecule has 6 nitrogen and oxygen atoms in total. The molecule has 230 valence electrons. The molecular formula is C31H32F6N4O2. The fourth-order valence-corrected chi connectivity index (χ4v) is 5.44. The zero-order chi connectivity index (χ0) is 31.4. The molecule has 0 spiro atoms. The molecule has 1 unspecified atom stereocenters. The Morgan fingerprint density at radius 1 is 0.930 bits per heavy atom. The van der Waals surface area contributed by atoms with Crippen molar-refractivity contribution in [3.8, 4) is 0 Å². The van der Waals surface area contributed by atoms with Crippen molar-refractivity contribution in [3.05, 3.63) is 107 Å². The second kappa shape index (κ2) is 12.8. The summed E-state index contributed by atoms with van der Waals surface area (Å²) in [6, 6.07) is 19.5. The number of benzene rings is 3. The minimum absolute atomic E-state index is 0.0497. The minimum Gasteiger partial charge on any atom is -0.386 e. The summed E-state index contributed by atoms with van der Waals surface area (Å²) in [5, 5.41) is 0. The van der Waals surface area contributed by atoms with Gasteiger partial charge in [0.1, 0.15) is 5.84 Å². The van der Waals surface area contributed by atoms with E-state index in [0.717, 1.165) is 11.1 Å². The molecule has 0 saturated heterocycles. The number of nitrogens with two attached hydrogens (primary N) is 2. The second-order valence-electron chi connectivity index (χ2n) is 10.8. The standard InChI is InChI=1S/C31H32F6N4O2/c1-20(22-12-24(30(32,33)34)14-25(13-22)31(35,36)37)43-19-29(23-10-6-3-7-11-23)15-26(16-29)41(18-27(38)40-28(39)42)17-21-8-4-2-5-9-21/h2-14,20,26H,15-19H2,1H3,(H4,38,39,40,42). The van der Waals surface area contributed by atoms with Crippen LogP contribution in [-0.2, 0) is 29.0 Å². The zero-order valence-corrected chi connectivity index (χ0v) is 23.3. The van der Waals surface area contributed by atoms with E-state index in [1.54, 1.807) is 0 Å². The summed E-state index contributed by atoms with van der Waals surface area (Å²) in [7, 11) is 0. The Bertz CT molecular complexity index is 1390. The van der Waals surface area contributed by atoms with E-state index < -0.39 is 41.0 Å². The summed E-state index contributed by atoms with van der Waals surface area (Å²) >= 11 is 0. The third-order valence-electron chi connectivity index (χ3n) is 7.69. The summed E-state index contributed by atoms with van der Waals surface area (Å²) < 4.78 is 86.7. The molecule has 2 amide bonds. The van der Waals surface area contributed by atoms with Gasteiger partial charge >= 0.3 is 18.4 Å². The van der Waals surface area contributed by atoms with Crippen LogP contribution in [0.4, 0.5) is 31.1 Å². The lowest BCUT2D eigenvalue weighted by Gasteiger charge is -2.52. The van der Waals surface area contributed by atoms with Gasteiger partial charge < -0.3 is 16.2 Å². The van der Waals surface area contributed by atoms with E-state index in [4.69, 9.17) is 16.2 Å². The van der Waals surface area contributed by atoms with Crippen LogP contribution in [0.15, 0.2) is 83.9 Å². The van der Waals surface area contributed by atoms with Gasteiger partial charge in [0.2, 0.25) is 0 Å². The topological polar surface area (TPSA) is 93.9 Å². The number of carbonyl (C=O) groups is 1. The molecule has 1 aliphatic carbocycles. The van der Waals surface area contributed by atoms with E-state index in [9.17, 15) is 31.1 Å². The van der Waals surface area contributed by atoms with Crippen LogP contribution < -0.4 is 11.5 Å². The molecule has 12 heteroatoms. The number of carbonyl (C=O) groups excluding carboxylic acids is 1. The van der Waals surface area contributed by atoms with Crippen molar-refractivity contribution in [3.63, 3.8) is 0 Å². The Morgan fingerprint density at radius 2 is 1.47 bits per heavy atom. The molecule has 1 atom stereocenters. The first-order valence-electron chi connectivity index (χ1n) is 13.5. The maximum Gasteiger partial charge on any atom is 0.416 e. The summed E-state index contributed by atoms with van der Waals surface area (Å²) in [6.07, 6.45) is -9.86. The van der Waals surface area contributed by atoms with Crippen LogP contribution >= 0.6 is 0 Å². The first-order chi connectivity index (χ1) is 20.2. The number of halogens is 6. The highest BCUT2D eigenvalue weighted by atomic mass is 19.4. The number of amidine groups is 1. The van der Waals surface area contributed by atoms with Gasteiger partial charge in [-0.25, -0.2) is 4.79 Å². The van der Waals surface area contributed by atoms with Crippen LogP contribution in [0.25, 0.3) is 0 Å². The summed E-state index contributed by atoms with van der Waals surface area (Å²) in [5.74, 6) is 0.0514. The van der Waals surface area contributed by atoms with Gasteiger partial charge in [-0.05, 0) is 54.7 Å². The van der Waals surface area contributed by atoms with Gasteiger partial charge in [0.05, 0.1) is 30.4 Å². The minimum atomic E-state index is -4.95. The molecular weight excluding hydrogens is 574 g/mol. The zero-order valence-electron chi connectivity index (χ0n) is 23.3. The van der Waals surface area contributed by atoms with Gasteiger partial charge in [0, 0.05) is 18.0 Å². The molecule has 4 rings (SSSR count). The van der Waals surface area contributed by atoms with Crippen molar-refractivity contribution in [2.45, 2.75) is 56.2 Å². The Labute approximate surface area is 245 Å². The van der Waals surface area contributed by atoms with Gasteiger partial charge in [-0.15, -0.1) is 0 Å². The van der Waals surface area contributed by atoms with E-state index >= 15 is 0 Å². The summed E-state index contributed by atoms with van der Waals surface area (Å²) in [5.41, 5.74) is 9.54. The molecule has 43 heavy (non-hydrogen) atoms. The molecule has 1 aliphatic rings. The quantitative estimate of drug-likeness (QED) is 0.150. The molecule has 0 bridgehead atoms. The SMILES string of the molecule is CC(OCC1(c2ccccc2)CC(N(CC(N)=NC(N)=O)Cc2ccccc2)C1)c1cc(C(F)(F)F)cc(C(F)(F)F)c1. The van der Waals surface area contributed by atoms with Crippen molar-refractivity contribution >= 4 is 11.9 Å². The van der Waals surface area contributed by atoms with E-state index in [2.05, 4.69) is 9.89 Å². The summed E-state index contributed by atoms with van der Waals surface area (Å²) in [6.45, 7) is 2.14. The lowest BCUT2D eigenvalue weighted by atomic mass is 9.61. The average Bonchev–Trinajstić information content (AvgIpc) is 2.91. The molecule has 0 heterocycles. The van der Waals surface area contributed by atoms with E-state index in [0.29, 0.717) is 31.5 Å². The molecule has 1 saturated carbocycles. The second-order valence-corrected chi connectivity index (χ2v) is 10.8. The molecule has 3 aromatic rings. The van der Waals surface area contributed by atoms with Crippen molar-refractivity contribution in [1.29, 1.82) is 0 Å². The van der Waals surface area contributed by atoms with E-state index in [1.165, 1.54) is 6.92 Å². The highest BCUT2D eigenvalue weighted by molar-refractivity contribution is 5.93. The maximum atomic E-state index is 13.4. The molecule has 4 N–H and O–H groups in total. The fourth-order valence-electron chi connectivity index (χ4n) is 5.44. The first-order valence-corrected chi connectivity index (χ1v) is 13.5.